The Labute approximate surface area is 115 Å². The molecule has 1 heterocycles. The van der Waals surface area contributed by atoms with Crippen molar-refractivity contribution in [2.45, 2.75) is 25.8 Å². The molecule has 1 aromatic rings. The Morgan fingerprint density at radius 3 is 2.95 bits per heavy atom. The van der Waals surface area contributed by atoms with E-state index in [0.717, 1.165) is 26.1 Å². The van der Waals surface area contributed by atoms with E-state index in [1.54, 1.807) is 7.05 Å². The van der Waals surface area contributed by atoms with Gasteiger partial charge in [0.2, 0.25) is 5.91 Å². The van der Waals surface area contributed by atoms with Crippen molar-refractivity contribution in [1.29, 1.82) is 0 Å². The topological polar surface area (TPSA) is 44.4 Å². The van der Waals surface area contributed by atoms with Gasteiger partial charge in [0.25, 0.3) is 0 Å². The zero-order valence-electron chi connectivity index (χ0n) is 11.8. The molecule has 1 aromatic carbocycles. The number of hydrogen-bond acceptors (Lipinski definition) is 3. The van der Waals surface area contributed by atoms with Crippen LogP contribution in [-0.4, -0.2) is 32.6 Å². The third-order valence-corrected chi connectivity index (χ3v) is 3.68. The van der Waals surface area contributed by atoms with Crippen molar-refractivity contribution in [2.75, 3.05) is 31.6 Å². The van der Waals surface area contributed by atoms with Gasteiger partial charge in [0.05, 0.1) is 0 Å². The Morgan fingerprint density at radius 1 is 1.42 bits per heavy atom. The van der Waals surface area contributed by atoms with Crippen LogP contribution in [0, 0.1) is 0 Å². The Hall–Kier alpha value is -1.55. The molecule has 4 nitrogen and oxygen atoms in total. The molecule has 104 valence electrons. The Bertz CT molecular complexity index is 433. The third kappa shape index (κ3) is 3.26. The van der Waals surface area contributed by atoms with Crippen molar-refractivity contribution >= 4 is 11.6 Å². The molecule has 1 aliphatic heterocycles. The van der Waals surface area contributed by atoms with E-state index in [0.29, 0.717) is 12.5 Å². The van der Waals surface area contributed by atoms with E-state index in [1.807, 2.05) is 0 Å². The van der Waals surface area contributed by atoms with Gasteiger partial charge in [-0.05, 0) is 24.6 Å². The first-order valence-corrected chi connectivity index (χ1v) is 7.04. The van der Waals surface area contributed by atoms with Crippen LogP contribution in [0.2, 0.25) is 0 Å². The summed E-state index contributed by atoms with van der Waals surface area (Å²) in [6, 6.07) is 8.94. The fourth-order valence-corrected chi connectivity index (χ4v) is 2.68. The molecule has 1 unspecified atom stereocenters. The first kappa shape index (κ1) is 13.9. The number of carbonyl (C=O) groups excluding carboxylic acids is 1. The molecule has 0 radical (unpaired) electrons. The first-order chi connectivity index (χ1) is 9.26. The Kier molecular flexibility index (Phi) is 4.80. The van der Waals surface area contributed by atoms with Gasteiger partial charge < -0.3 is 15.5 Å². The summed E-state index contributed by atoms with van der Waals surface area (Å²) in [4.78, 5) is 13.7. The van der Waals surface area contributed by atoms with Gasteiger partial charge in [0, 0.05) is 38.3 Å². The van der Waals surface area contributed by atoms with Crippen LogP contribution < -0.4 is 15.5 Å². The molecule has 2 N–H and O–H groups in total. The fourth-order valence-electron chi connectivity index (χ4n) is 2.68. The predicted octanol–water partition coefficient (Wildman–Crippen LogP) is 1.68. The molecular weight excluding hydrogens is 238 g/mol. The van der Waals surface area contributed by atoms with E-state index in [4.69, 9.17) is 0 Å². The summed E-state index contributed by atoms with van der Waals surface area (Å²) >= 11 is 0. The molecule has 0 fully saturated rings. The van der Waals surface area contributed by atoms with Gasteiger partial charge in [-0.15, -0.1) is 0 Å². The molecule has 0 aromatic heterocycles. The molecule has 0 aliphatic carbocycles. The van der Waals surface area contributed by atoms with Crippen molar-refractivity contribution < 1.29 is 4.79 Å². The lowest BCUT2D eigenvalue weighted by atomic mass is 9.96. The maximum absolute atomic E-state index is 11.4. The average molecular weight is 261 g/mol. The van der Waals surface area contributed by atoms with Crippen molar-refractivity contribution in [1.82, 2.24) is 10.6 Å². The highest BCUT2D eigenvalue weighted by Gasteiger charge is 2.23. The number of para-hydroxylation sites is 1. The number of carbonyl (C=O) groups is 1. The van der Waals surface area contributed by atoms with Crippen molar-refractivity contribution in [3.8, 4) is 0 Å². The van der Waals surface area contributed by atoms with Gasteiger partial charge >= 0.3 is 0 Å². The van der Waals surface area contributed by atoms with Crippen LogP contribution >= 0.6 is 0 Å². The van der Waals surface area contributed by atoms with Crippen LogP contribution in [0.3, 0.4) is 0 Å². The smallest absolute Gasteiger partial charge is 0.221 e. The van der Waals surface area contributed by atoms with Gasteiger partial charge in [0.15, 0.2) is 0 Å². The lowest BCUT2D eigenvalue weighted by molar-refractivity contribution is -0.120. The molecule has 19 heavy (non-hydrogen) atoms. The zero-order valence-corrected chi connectivity index (χ0v) is 11.8. The number of fused-ring (bicyclic) bond motifs is 1. The second-order valence-corrected chi connectivity index (χ2v) is 4.87. The monoisotopic (exact) mass is 261 g/mol. The van der Waals surface area contributed by atoms with Crippen LogP contribution in [-0.2, 0) is 4.79 Å². The molecule has 0 saturated heterocycles. The minimum atomic E-state index is 0.103. The summed E-state index contributed by atoms with van der Waals surface area (Å²) < 4.78 is 0. The minimum absolute atomic E-state index is 0.103. The highest BCUT2D eigenvalue weighted by Crippen LogP contribution is 2.33. The lowest BCUT2D eigenvalue weighted by Gasteiger charge is -2.36. The van der Waals surface area contributed by atoms with Gasteiger partial charge in [0.1, 0.15) is 0 Å². The molecule has 1 atom stereocenters. The van der Waals surface area contributed by atoms with Crippen LogP contribution in [0.1, 0.15) is 31.4 Å². The number of hydrogen-bond donors (Lipinski definition) is 2. The third-order valence-electron chi connectivity index (χ3n) is 3.68. The molecular formula is C15H23N3O. The average Bonchev–Trinajstić information content (AvgIpc) is 2.46. The van der Waals surface area contributed by atoms with Crippen LogP contribution in [0.15, 0.2) is 24.3 Å². The fraction of sp³-hybridized carbons (Fsp3) is 0.533. The number of nitrogens with zero attached hydrogens (tertiary/aromatic N) is 1. The van der Waals surface area contributed by atoms with Gasteiger partial charge in [-0.1, -0.05) is 25.1 Å². The van der Waals surface area contributed by atoms with Crippen LogP contribution in [0.5, 0.6) is 0 Å². The highest BCUT2D eigenvalue weighted by atomic mass is 16.1. The van der Waals surface area contributed by atoms with E-state index < -0.39 is 0 Å². The standard InChI is InChI=1S/C15H23N3O/c1-3-17-13-8-10-18(11-9-15(19)16-2)14-7-5-4-6-12(13)14/h4-7,13,17H,3,8-11H2,1-2H3,(H,16,19). The molecule has 2 rings (SSSR count). The van der Waals surface area contributed by atoms with Gasteiger partial charge in [-0.2, -0.15) is 0 Å². The summed E-state index contributed by atoms with van der Waals surface area (Å²) in [5, 5.41) is 6.21. The van der Waals surface area contributed by atoms with E-state index in [-0.39, 0.29) is 5.91 Å². The molecule has 4 heteroatoms. The summed E-state index contributed by atoms with van der Waals surface area (Å²) in [5.74, 6) is 0.103. The van der Waals surface area contributed by atoms with E-state index in [9.17, 15) is 4.79 Å². The summed E-state index contributed by atoms with van der Waals surface area (Å²) in [6.45, 7) is 4.92. The second kappa shape index (κ2) is 6.57. The molecule has 0 spiro atoms. The lowest BCUT2D eigenvalue weighted by Crippen LogP contribution is -2.37. The predicted molar refractivity (Wildman–Crippen MR) is 78.4 cm³/mol. The summed E-state index contributed by atoms with van der Waals surface area (Å²) in [6.07, 6.45) is 1.65. The maximum atomic E-state index is 11.4. The highest BCUT2D eigenvalue weighted by molar-refractivity contribution is 5.76. The van der Waals surface area contributed by atoms with Crippen molar-refractivity contribution in [2.24, 2.45) is 0 Å². The Morgan fingerprint density at radius 2 is 2.21 bits per heavy atom. The Balaban J connectivity index is 2.11. The van der Waals surface area contributed by atoms with Crippen molar-refractivity contribution in [3.63, 3.8) is 0 Å². The van der Waals surface area contributed by atoms with Crippen LogP contribution in [0.25, 0.3) is 0 Å². The minimum Gasteiger partial charge on any atom is -0.371 e. The quantitative estimate of drug-likeness (QED) is 0.847. The number of nitrogens with one attached hydrogen (secondary N) is 2. The van der Waals surface area contributed by atoms with Gasteiger partial charge in [-0.3, -0.25) is 4.79 Å². The number of benzene rings is 1. The van der Waals surface area contributed by atoms with Crippen LogP contribution in [0.4, 0.5) is 5.69 Å². The molecule has 0 bridgehead atoms. The normalized spacial score (nSPS) is 18.0. The number of amides is 1. The SMILES string of the molecule is CCNC1CCN(CCC(=O)NC)c2ccccc21. The summed E-state index contributed by atoms with van der Waals surface area (Å²) in [7, 11) is 1.69. The number of rotatable bonds is 5. The maximum Gasteiger partial charge on any atom is 0.221 e. The molecule has 0 saturated carbocycles. The summed E-state index contributed by atoms with van der Waals surface area (Å²) in [5.41, 5.74) is 2.62. The largest absolute Gasteiger partial charge is 0.371 e. The number of anilines is 1. The van der Waals surface area contributed by atoms with E-state index >= 15 is 0 Å². The van der Waals surface area contributed by atoms with E-state index in [1.165, 1.54) is 11.3 Å². The zero-order chi connectivity index (χ0) is 13.7. The molecule has 1 aliphatic rings. The van der Waals surface area contributed by atoms with E-state index in [2.05, 4.69) is 46.7 Å². The molecule has 1 amide bonds. The second-order valence-electron chi connectivity index (χ2n) is 4.87. The first-order valence-electron chi connectivity index (χ1n) is 7.04. The van der Waals surface area contributed by atoms with Gasteiger partial charge in [-0.25, -0.2) is 0 Å². The van der Waals surface area contributed by atoms with Crippen molar-refractivity contribution in [3.05, 3.63) is 29.8 Å².